The van der Waals surface area contributed by atoms with Gasteiger partial charge in [-0.15, -0.1) is 0 Å². The minimum atomic E-state index is -1.29. The van der Waals surface area contributed by atoms with Crippen molar-refractivity contribution >= 4 is 23.3 Å². The van der Waals surface area contributed by atoms with E-state index >= 15 is 0 Å². The van der Waals surface area contributed by atoms with Gasteiger partial charge in [0.2, 0.25) is 0 Å². The van der Waals surface area contributed by atoms with E-state index in [1.807, 2.05) is 11.0 Å². The first kappa shape index (κ1) is 14.6. The molecule has 0 aromatic carbocycles. The highest BCUT2D eigenvalue weighted by atomic mass is 35.5. The average Bonchev–Trinajstić information content (AvgIpc) is 3.01. The van der Waals surface area contributed by atoms with Crippen LogP contribution in [0, 0.1) is 0 Å². The normalized spacial score (nSPS) is 26.2. The highest BCUT2D eigenvalue weighted by Gasteiger charge is 2.43. The summed E-state index contributed by atoms with van der Waals surface area (Å²) < 4.78 is 0. The van der Waals surface area contributed by atoms with Crippen LogP contribution >= 0.6 is 11.6 Å². The van der Waals surface area contributed by atoms with Crippen LogP contribution in [0.5, 0.6) is 0 Å². The average molecular weight is 310 g/mol. The number of piperidine rings is 1. The Kier molecular flexibility index (Phi) is 4.04. The number of likely N-dealkylation sites (tertiary alicyclic amines) is 1. The Morgan fingerprint density at radius 2 is 2.00 bits per heavy atom. The second-order valence-electron chi connectivity index (χ2n) is 5.89. The first-order valence-corrected chi connectivity index (χ1v) is 7.85. The van der Waals surface area contributed by atoms with Gasteiger partial charge in [-0.25, -0.2) is 4.98 Å². The molecule has 21 heavy (non-hydrogen) atoms. The first-order chi connectivity index (χ1) is 10.1. The number of nitrogens with zero attached hydrogens (tertiary/aromatic N) is 3. The molecule has 2 fully saturated rings. The monoisotopic (exact) mass is 309 g/mol. The third-order valence-electron chi connectivity index (χ3n) is 4.30. The van der Waals surface area contributed by atoms with E-state index in [4.69, 9.17) is 11.6 Å². The number of pyridine rings is 1. The van der Waals surface area contributed by atoms with E-state index in [2.05, 4.69) is 4.98 Å². The molecular formula is C15H20ClN3O2. The number of carbonyl (C=O) groups excluding carboxylic acids is 1. The molecule has 0 bridgehead atoms. The number of amides is 1. The van der Waals surface area contributed by atoms with Gasteiger partial charge in [-0.05, 0) is 37.8 Å². The van der Waals surface area contributed by atoms with Gasteiger partial charge >= 0.3 is 0 Å². The third-order valence-corrected chi connectivity index (χ3v) is 4.52. The molecule has 1 N–H and O–H groups in total. The summed E-state index contributed by atoms with van der Waals surface area (Å²) in [5.74, 6) is 0.630. The molecule has 3 rings (SSSR count). The van der Waals surface area contributed by atoms with E-state index < -0.39 is 5.60 Å². The lowest BCUT2D eigenvalue weighted by Crippen LogP contribution is -2.57. The van der Waals surface area contributed by atoms with E-state index in [0.29, 0.717) is 18.0 Å². The zero-order chi connectivity index (χ0) is 14.9. The summed E-state index contributed by atoms with van der Waals surface area (Å²) in [5, 5.41) is 11.4. The van der Waals surface area contributed by atoms with Crippen molar-refractivity contribution in [1.29, 1.82) is 0 Å². The second kappa shape index (κ2) is 5.81. The quantitative estimate of drug-likeness (QED) is 0.903. The number of hydrogen-bond acceptors (Lipinski definition) is 4. The predicted molar refractivity (Wildman–Crippen MR) is 81.5 cm³/mol. The zero-order valence-corrected chi connectivity index (χ0v) is 12.7. The molecule has 0 aliphatic carbocycles. The Morgan fingerprint density at radius 1 is 1.24 bits per heavy atom. The Balaban J connectivity index is 1.75. The Bertz CT molecular complexity index is 516. The second-order valence-corrected chi connectivity index (χ2v) is 6.33. The van der Waals surface area contributed by atoms with Crippen molar-refractivity contribution in [2.45, 2.75) is 31.3 Å². The van der Waals surface area contributed by atoms with Crippen LogP contribution in [0.2, 0.25) is 5.02 Å². The van der Waals surface area contributed by atoms with Crippen molar-refractivity contribution in [2.75, 3.05) is 31.1 Å². The highest BCUT2D eigenvalue weighted by Crippen LogP contribution is 2.28. The summed E-state index contributed by atoms with van der Waals surface area (Å²) in [5.41, 5.74) is -1.29. The topological polar surface area (TPSA) is 56.7 Å². The smallest absolute Gasteiger partial charge is 0.256 e. The van der Waals surface area contributed by atoms with Crippen LogP contribution in [0.1, 0.15) is 25.7 Å². The van der Waals surface area contributed by atoms with Crippen molar-refractivity contribution in [1.82, 2.24) is 9.88 Å². The molecule has 1 aromatic rings. The van der Waals surface area contributed by atoms with E-state index in [-0.39, 0.29) is 5.91 Å². The standard InChI is InChI=1S/C15H20ClN3O2/c16-12-4-5-13(17-10-12)19-9-3-6-15(21,11-19)14(20)18-7-1-2-8-18/h4-5,10,21H,1-3,6-9,11H2. The zero-order valence-electron chi connectivity index (χ0n) is 12.0. The first-order valence-electron chi connectivity index (χ1n) is 7.47. The Morgan fingerprint density at radius 3 is 2.67 bits per heavy atom. The lowest BCUT2D eigenvalue weighted by atomic mass is 9.91. The lowest BCUT2D eigenvalue weighted by Gasteiger charge is -2.40. The van der Waals surface area contributed by atoms with Crippen molar-refractivity contribution < 1.29 is 9.90 Å². The summed E-state index contributed by atoms with van der Waals surface area (Å²) in [4.78, 5) is 20.6. The fourth-order valence-corrected chi connectivity index (χ4v) is 3.29. The van der Waals surface area contributed by atoms with Gasteiger partial charge in [0, 0.05) is 25.8 Å². The number of halogens is 1. The molecular weight excluding hydrogens is 290 g/mol. The molecule has 0 spiro atoms. The third kappa shape index (κ3) is 2.99. The van der Waals surface area contributed by atoms with Crippen LogP contribution in [-0.2, 0) is 4.79 Å². The fraction of sp³-hybridized carbons (Fsp3) is 0.600. The molecule has 1 atom stereocenters. The maximum atomic E-state index is 12.6. The van der Waals surface area contributed by atoms with Crippen LogP contribution < -0.4 is 4.90 Å². The molecule has 1 aromatic heterocycles. The van der Waals surface area contributed by atoms with Gasteiger partial charge < -0.3 is 14.9 Å². The summed E-state index contributed by atoms with van der Waals surface area (Å²) in [6.07, 6.45) is 4.95. The van der Waals surface area contributed by atoms with Crippen molar-refractivity contribution in [3.05, 3.63) is 23.4 Å². The van der Waals surface area contributed by atoms with Gasteiger partial charge in [0.25, 0.3) is 5.91 Å². The van der Waals surface area contributed by atoms with E-state index in [0.717, 1.165) is 44.7 Å². The summed E-state index contributed by atoms with van der Waals surface area (Å²) in [7, 11) is 0. The van der Waals surface area contributed by atoms with E-state index in [9.17, 15) is 9.90 Å². The minimum absolute atomic E-state index is 0.126. The van der Waals surface area contributed by atoms with Crippen molar-refractivity contribution in [3.63, 3.8) is 0 Å². The molecule has 0 saturated carbocycles. The number of aromatic nitrogens is 1. The van der Waals surface area contributed by atoms with Crippen LogP contribution in [0.25, 0.3) is 0 Å². The maximum Gasteiger partial charge on any atom is 0.256 e. The molecule has 3 heterocycles. The van der Waals surface area contributed by atoms with Gasteiger partial charge in [0.1, 0.15) is 5.82 Å². The molecule has 114 valence electrons. The Labute approximate surface area is 129 Å². The molecule has 2 aliphatic heterocycles. The summed E-state index contributed by atoms with van der Waals surface area (Å²) >= 11 is 5.85. The van der Waals surface area contributed by atoms with Gasteiger partial charge in [0.05, 0.1) is 11.6 Å². The van der Waals surface area contributed by atoms with Gasteiger partial charge in [0.15, 0.2) is 5.60 Å². The molecule has 5 nitrogen and oxygen atoms in total. The number of aliphatic hydroxyl groups is 1. The highest BCUT2D eigenvalue weighted by molar-refractivity contribution is 6.30. The van der Waals surface area contributed by atoms with Crippen LogP contribution in [0.3, 0.4) is 0 Å². The predicted octanol–water partition coefficient (Wildman–Crippen LogP) is 1.69. The molecule has 0 radical (unpaired) electrons. The SMILES string of the molecule is O=C(N1CCCC1)C1(O)CCCN(c2ccc(Cl)cn2)C1. The van der Waals surface area contributed by atoms with Gasteiger partial charge in [-0.2, -0.15) is 0 Å². The van der Waals surface area contributed by atoms with Crippen molar-refractivity contribution in [2.24, 2.45) is 0 Å². The van der Waals surface area contributed by atoms with Gasteiger partial charge in [-0.3, -0.25) is 4.79 Å². The largest absolute Gasteiger partial charge is 0.378 e. The number of carbonyl (C=O) groups is 1. The number of hydrogen-bond donors (Lipinski definition) is 1. The maximum absolute atomic E-state index is 12.6. The number of β-amino-alcohol motifs (C(OH)–C–C–N with tert-alkyl or cyclic N) is 1. The van der Waals surface area contributed by atoms with Crippen molar-refractivity contribution in [3.8, 4) is 0 Å². The van der Waals surface area contributed by atoms with Crippen LogP contribution in [0.15, 0.2) is 18.3 Å². The lowest BCUT2D eigenvalue weighted by molar-refractivity contribution is -0.151. The summed E-state index contributed by atoms with van der Waals surface area (Å²) in [6, 6.07) is 3.61. The molecule has 6 heteroatoms. The molecule has 1 unspecified atom stereocenters. The molecule has 2 saturated heterocycles. The van der Waals surface area contributed by atoms with Gasteiger partial charge in [-0.1, -0.05) is 11.6 Å². The van der Waals surface area contributed by atoms with Crippen LogP contribution in [-0.4, -0.2) is 52.7 Å². The minimum Gasteiger partial charge on any atom is -0.378 e. The number of anilines is 1. The number of rotatable bonds is 2. The van der Waals surface area contributed by atoms with E-state index in [1.165, 1.54) is 0 Å². The molecule has 2 aliphatic rings. The molecule has 1 amide bonds. The van der Waals surface area contributed by atoms with Crippen LogP contribution in [0.4, 0.5) is 5.82 Å². The Hall–Kier alpha value is -1.33. The summed E-state index contributed by atoms with van der Waals surface area (Å²) in [6.45, 7) is 2.63. The van der Waals surface area contributed by atoms with E-state index in [1.54, 1.807) is 17.2 Å². The fourth-order valence-electron chi connectivity index (χ4n) is 3.18.